The van der Waals surface area contributed by atoms with Crippen molar-refractivity contribution in [1.29, 1.82) is 0 Å². The maximum Gasteiger partial charge on any atom is 0.241 e. The van der Waals surface area contributed by atoms with Gasteiger partial charge in [-0.2, -0.15) is 0 Å². The number of benzene rings is 1. The lowest BCUT2D eigenvalue weighted by Gasteiger charge is -2.09. The van der Waals surface area contributed by atoms with E-state index < -0.39 is 10.0 Å². The second kappa shape index (κ2) is 5.92. The second-order valence-electron chi connectivity index (χ2n) is 4.60. The third-order valence-electron chi connectivity index (χ3n) is 2.86. The molecular formula is C13H15N3O3S2. The Labute approximate surface area is 128 Å². The van der Waals surface area contributed by atoms with E-state index >= 15 is 0 Å². The maximum atomic E-state index is 12.3. The molecular weight excluding hydrogens is 310 g/mol. The highest BCUT2D eigenvalue weighted by atomic mass is 32.2. The first-order valence-corrected chi connectivity index (χ1v) is 8.01. The summed E-state index contributed by atoms with van der Waals surface area (Å²) in [4.78, 5) is 0.408. The first-order chi connectivity index (χ1) is 9.79. The Kier molecular flexibility index (Phi) is 4.40. The molecule has 0 aliphatic rings. The number of rotatable bonds is 5. The second-order valence-corrected chi connectivity index (χ2v) is 6.78. The van der Waals surface area contributed by atoms with E-state index in [1.807, 2.05) is 0 Å². The van der Waals surface area contributed by atoms with E-state index in [9.17, 15) is 8.42 Å². The third kappa shape index (κ3) is 3.66. The Morgan fingerprint density at radius 3 is 2.62 bits per heavy atom. The monoisotopic (exact) mass is 325 g/mol. The van der Waals surface area contributed by atoms with Crippen LogP contribution in [0.1, 0.15) is 22.6 Å². The molecule has 0 amide bonds. The molecule has 0 saturated carbocycles. The van der Waals surface area contributed by atoms with Gasteiger partial charge in [-0.25, -0.2) is 13.1 Å². The van der Waals surface area contributed by atoms with Gasteiger partial charge < -0.3 is 10.3 Å². The minimum Gasteiger partial charge on any atom is -0.389 e. The van der Waals surface area contributed by atoms with E-state index in [0.717, 1.165) is 0 Å². The van der Waals surface area contributed by atoms with Gasteiger partial charge in [-0.15, -0.1) is 0 Å². The van der Waals surface area contributed by atoms with Crippen molar-refractivity contribution in [3.63, 3.8) is 0 Å². The number of nitrogens with two attached hydrogens (primary N) is 1. The molecule has 0 unspecified atom stereocenters. The number of aromatic nitrogens is 1. The largest absolute Gasteiger partial charge is 0.389 e. The average Bonchev–Trinajstić information content (AvgIpc) is 2.82. The van der Waals surface area contributed by atoms with Crippen molar-refractivity contribution < 1.29 is 12.9 Å². The van der Waals surface area contributed by atoms with E-state index in [0.29, 0.717) is 22.6 Å². The molecule has 112 valence electrons. The molecule has 1 aromatic heterocycles. The number of thiocarbonyl (C=S) groups is 1. The molecule has 0 aliphatic heterocycles. The van der Waals surface area contributed by atoms with Gasteiger partial charge in [0.25, 0.3) is 0 Å². The van der Waals surface area contributed by atoms with E-state index in [1.165, 1.54) is 6.07 Å². The fourth-order valence-corrected chi connectivity index (χ4v) is 3.19. The summed E-state index contributed by atoms with van der Waals surface area (Å²) in [6.45, 7) is 3.49. The minimum atomic E-state index is -3.64. The Morgan fingerprint density at radius 2 is 2.10 bits per heavy atom. The number of nitrogens with one attached hydrogen (secondary N) is 1. The zero-order chi connectivity index (χ0) is 15.6. The highest BCUT2D eigenvalue weighted by Gasteiger charge is 2.18. The highest BCUT2D eigenvalue weighted by Crippen LogP contribution is 2.17. The van der Waals surface area contributed by atoms with Gasteiger partial charge in [0.1, 0.15) is 4.99 Å². The van der Waals surface area contributed by atoms with E-state index in [4.69, 9.17) is 22.5 Å². The van der Waals surface area contributed by atoms with Gasteiger partial charge in [-0.1, -0.05) is 23.4 Å². The Balaban J connectivity index is 2.21. The smallest absolute Gasteiger partial charge is 0.241 e. The Hall–Kier alpha value is -1.77. The van der Waals surface area contributed by atoms with Crippen molar-refractivity contribution in [2.24, 2.45) is 5.73 Å². The van der Waals surface area contributed by atoms with Gasteiger partial charge in [0, 0.05) is 11.6 Å². The highest BCUT2D eigenvalue weighted by molar-refractivity contribution is 7.89. The summed E-state index contributed by atoms with van der Waals surface area (Å²) >= 11 is 4.87. The van der Waals surface area contributed by atoms with Crippen LogP contribution >= 0.6 is 12.2 Å². The van der Waals surface area contributed by atoms with Crippen LogP contribution in [0.3, 0.4) is 0 Å². The lowest BCUT2D eigenvalue weighted by Crippen LogP contribution is -2.24. The van der Waals surface area contributed by atoms with Crippen molar-refractivity contribution in [1.82, 2.24) is 9.88 Å². The number of hydrogen-bond donors (Lipinski definition) is 2. The fourth-order valence-electron chi connectivity index (χ4n) is 1.85. The normalized spacial score (nSPS) is 11.5. The van der Waals surface area contributed by atoms with Gasteiger partial charge in [0.05, 0.1) is 17.1 Å². The zero-order valence-corrected chi connectivity index (χ0v) is 13.2. The zero-order valence-electron chi connectivity index (χ0n) is 11.6. The molecule has 1 heterocycles. The molecule has 3 N–H and O–H groups in total. The van der Waals surface area contributed by atoms with Crippen LogP contribution in [0.2, 0.25) is 0 Å². The number of aryl methyl sites for hydroxylation is 2. The molecule has 0 fully saturated rings. The van der Waals surface area contributed by atoms with E-state index in [-0.39, 0.29) is 16.4 Å². The molecule has 0 aliphatic carbocycles. The molecule has 6 nitrogen and oxygen atoms in total. The molecule has 1 aromatic carbocycles. The van der Waals surface area contributed by atoms with Crippen molar-refractivity contribution in [2.75, 3.05) is 0 Å². The van der Waals surface area contributed by atoms with Crippen LogP contribution in [0, 0.1) is 13.8 Å². The van der Waals surface area contributed by atoms with Crippen LogP contribution in [-0.2, 0) is 16.6 Å². The Morgan fingerprint density at radius 1 is 1.38 bits per heavy atom. The minimum absolute atomic E-state index is 0.0413. The number of nitrogens with zero attached hydrogens (tertiary/aromatic N) is 1. The van der Waals surface area contributed by atoms with Crippen LogP contribution < -0.4 is 10.5 Å². The van der Waals surface area contributed by atoms with Gasteiger partial charge in [-0.05, 0) is 31.5 Å². The summed E-state index contributed by atoms with van der Waals surface area (Å²) in [5.74, 6) is 0.452. The molecule has 0 saturated heterocycles. The summed E-state index contributed by atoms with van der Waals surface area (Å²) in [6, 6.07) is 6.39. The van der Waals surface area contributed by atoms with Crippen molar-refractivity contribution in [3.8, 4) is 0 Å². The van der Waals surface area contributed by atoms with Crippen LogP contribution in [-0.4, -0.2) is 18.6 Å². The SMILES string of the molecule is Cc1cc(CNS(=O)(=O)c2ccc(C(N)=S)cc2C)on1. The fraction of sp³-hybridized carbons (Fsp3) is 0.231. The van der Waals surface area contributed by atoms with Crippen molar-refractivity contribution in [2.45, 2.75) is 25.3 Å². The lowest BCUT2D eigenvalue weighted by atomic mass is 10.1. The summed E-state index contributed by atoms with van der Waals surface area (Å²) in [6.07, 6.45) is 0. The Bertz CT molecular complexity index is 782. The van der Waals surface area contributed by atoms with Crippen LogP contribution in [0.25, 0.3) is 0 Å². The standard InChI is InChI=1S/C13H15N3O3S2/c1-8-5-10(13(14)20)3-4-12(8)21(17,18)15-7-11-6-9(2)16-19-11/h3-6,15H,7H2,1-2H3,(H2,14,20). The van der Waals surface area contributed by atoms with Gasteiger partial charge in [0.15, 0.2) is 5.76 Å². The summed E-state index contributed by atoms with van der Waals surface area (Å²) in [5, 5.41) is 3.70. The number of hydrogen-bond acceptors (Lipinski definition) is 5. The molecule has 0 spiro atoms. The molecule has 0 bridgehead atoms. The first-order valence-electron chi connectivity index (χ1n) is 6.12. The first kappa shape index (κ1) is 15.6. The third-order valence-corrected chi connectivity index (χ3v) is 4.66. The predicted molar refractivity (Wildman–Crippen MR) is 82.3 cm³/mol. The van der Waals surface area contributed by atoms with Gasteiger partial charge in [-0.3, -0.25) is 0 Å². The average molecular weight is 325 g/mol. The molecule has 2 rings (SSSR count). The lowest BCUT2D eigenvalue weighted by molar-refractivity contribution is 0.377. The van der Waals surface area contributed by atoms with E-state index in [2.05, 4.69) is 9.88 Å². The number of sulfonamides is 1. The summed E-state index contributed by atoms with van der Waals surface area (Å²) < 4.78 is 32.0. The van der Waals surface area contributed by atoms with Crippen LogP contribution in [0.5, 0.6) is 0 Å². The molecule has 8 heteroatoms. The summed E-state index contributed by atoms with van der Waals surface area (Å²) in [5.41, 5.74) is 7.42. The van der Waals surface area contributed by atoms with Crippen LogP contribution in [0.15, 0.2) is 33.7 Å². The molecule has 0 atom stereocenters. The van der Waals surface area contributed by atoms with Crippen LogP contribution in [0.4, 0.5) is 0 Å². The van der Waals surface area contributed by atoms with Crippen molar-refractivity contribution >= 4 is 27.2 Å². The van der Waals surface area contributed by atoms with Gasteiger partial charge >= 0.3 is 0 Å². The van der Waals surface area contributed by atoms with E-state index in [1.54, 1.807) is 32.0 Å². The summed E-state index contributed by atoms with van der Waals surface area (Å²) in [7, 11) is -3.64. The molecule has 0 radical (unpaired) electrons. The molecule has 21 heavy (non-hydrogen) atoms. The molecule has 2 aromatic rings. The van der Waals surface area contributed by atoms with Gasteiger partial charge in [0.2, 0.25) is 10.0 Å². The predicted octanol–water partition coefficient (Wildman–Crippen LogP) is 1.40. The quantitative estimate of drug-likeness (QED) is 0.807. The maximum absolute atomic E-state index is 12.3. The van der Waals surface area contributed by atoms with Crippen molar-refractivity contribution in [3.05, 3.63) is 46.8 Å². The topological polar surface area (TPSA) is 98.2 Å².